The van der Waals surface area contributed by atoms with Crippen LogP contribution in [0.15, 0.2) is 30.6 Å². The van der Waals surface area contributed by atoms with Crippen LogP contribution in [0.2, 0.25) is 0 Å². The van der Waals surface area contributed by atoms with Crippen LogP contribution in [0, 0.1) is 13.8 Å². The van der Waals surface area contributed by atoms with Crippen LogP contribution in [-0.2, 0) is 7.05 Å². The first-order valence-corrected chi connectivity index (χ1v) is 6.83. The lowest BCUT2D eigenvalue weighted by molar-refractivity contribution is 0.102. The molecule has 0 spiro atoms. The van der Waals surface area contributed by atoms with E-state index in [9.17, 15) is 4.79 Å². The fraction of sp³-hybridized carbons (Fsp3) is 0.200. The van der Waals surface area contributed by atoms with E-state index in [1.54, 1.807) is 23.1 Å². The summed E-state index contributed by atoms with van der Waals surface area (Å²) in [5.41, 5.74) is 4.33. The summed E-state index contributed by atoms with van der Waals surface area (Å²) in [5, 5.41) is 14.1. The number of carbonyl (C=O) groups is 1. The molecule has 0 fully saturated rings. The van der Waals surface area contributed by atoms with Crippen molar-refractivity contribution in [2.45, 2.75) is 13.8 Å². The van der Waals surface area contributed by atoms with Gasteiger partial charge in [-0.1, -0.05) is 0 Å². The number of aromatic amines is 1. The quantitative estimate of drug-likeness (QED) is 0.774. The monoisotopic (exact) mass is 296 g/mol. The van der Waals surface area contributed by atoms with E-state index in [-0.39, 0.29) is 5.91 Å². The predicted molar refractivity (Wildman–Crippen MR) is 82.5 cm³/mol. The first-order chi connectivity index (χ1) is 10.6. The van der Waals surface area contributed by atoms with E-state index in [0.29, 0.717) is 11.4 Å². The van der Waals surface area contributed by atoms with Gasteiger partial charge in [-0.05, 0) is 32.0 Å². The van der Waals surface area contributed by atoms with Gasteiger partial charge in [0.05, 0.1) is 22.8 Å². The summed E-state index contributed by atoms with van der Waals surface area (Å²) in [6, 6.07) is 5.42. The van der Waals surface area contributed by atoms with Crippen LogP contribution in [0.5, 0.6) is 0 Å². The molecular formula is C15H16N6O. The average Bonchev–Trinajstić information content (AvgIpc) is 3.10. The summed E-state index contributed by atoms with van der Waals surface area (Å²) >= 11 is 0. The zero-order valence-corrected chi connectivity index (χ0v) is 12.6. The normalized spacial score (nSPS) is 10.7. The van der Waals surface area contributed by atoms with Crippen molar-refractivity contribution in [1.29, 1.82) is 0 Å². The van der Waals surface area contributed by atoms with Gasteiger partial charge in [0, 0.05) is 25.0 Å². The lowest BCUT2D eigenvalue weighted by Crippen LogP contribution is -2.13. The van der Waals surface area contributed by atoms with Crippen LogP contribution in [-0.4, -0.2) is 30.9 Å². The molecule has 22 heavy (non-hydrogen) atoms. The predicted octanol–water partition coefficient (Wildman–Crippen LogP) is 2.07. The van der Waals surface area contributed by atoms with Crippen LogP contribution < -0.4 is 5.32 Å². The van der Waals surface area contributed by atoms with Crippen LogP contribution in [0.25, 0.3) is 11.3 Å². The molecule has 0 atom stereocenters. The van der Waals surface area contributed by atoms with Crippen LogP contribution in [0.3, 0.4) is 0 Å². The van der Waals surface area contributed by atoms with Crippen molar-refractivity contribution in [2.75, 3.05) is 5.32 Å². The number of rotatable bonds is 3. The number of carbonyl (C=O) groups excluding carboxylic acids is 1. The molecule has 1 amide bonds. The third-order valence-electron chi connectivity index (χ3n) is 3.53. The topological polar surface area (TPSA) is 88.5 Å². The van der Waals surface area contributed by atoms with E-state index in [1.165, 1.54) is 0 Å². The Hall–Kier alpha value is -2.96. The molecular weight excluding hydrogens is 280 g/mol. The summed E-state index contributed by atoms with van der Waals surface area (Å²) < 4.78 is 1.74. The van der Waals surface area contributed by atoms with Gasteiger partial charge in [0.15, 0.2) is 0 Å². The number of anilines is 1. The lowest BCUT2D eigenvalue weighted by Gasteiger charge is -2.03. The van der Waals surface area contributed by atoms with Gasteiger partial charge >= 0.3 is 0 Å². The number of aromatic nitrogens is 5. The highest BCUT2D eigenvalue weighted by molar-refractivity contribution is 6.04. The van der Waals surface area contributed by atoms with E-state index in [0.717, 1.165) is 22.6 Å². The molecule has 0 unspecified atom stereocenters. The lowest BCUT2D eigenvalue weighted by atomic mass is 10.2. The second-order valence-electron chi connectivity index (χ2n) is 5.03. The van der Waals surface area contributed by atoms with Gasteiger partial charge in [-0.2, -0.15) is 10.2 Å². The molecule has 0 bridgehead atoms. The highest BCUT2D eigenvalue weighted by atomic mass is 16.2. The van der Waals surface area contributed by atoms with Gasteiger partial charge in [0.2, 0.25) is 0 Å². The molecule has 0 saturated carbocycles. The van der Waals surface area contributed by atoms with Crippen molar-refractivity contribution < 1.29 is 4.79 Å². The molecule has 7 nitrogen and oxygen atoms in total. The summed E-state index contributed by atoms with van der Waals surface area (Å²) in [4.78, 5) is 16.4. The van der Waals surface area contributed by atoms with E-state index < -0.39 is 0 Å². The minimum absolute atomic E-state index is 0.248. The highest BCUT2D eigenvalue weighted by Gasteiger charge is 2.16. The van der Waals surface area contributed by atoms with E-state index in [1.807, 2.05) is 33.0 Å². The van der Waals surface area contributed by atoms with E-state index in [2.05, 4.69) is 25.6 Å². The maximum Gasteiger partial charge on any atom is 0.273 e. The molecule has 2 N–H and O–H groups in total. The highest BCUT2D eigenvalue weighted by Crippen LogP contribution is 2.20. The number of pyridine rings is 1. The summed E-state index contributed by atoms with van der Waals surface area (Å²) in [6.45, 7) is 3.76. The molecule has 0 aliphatic rings. The minimum atomic E-state index is -0.248. The Kier molecular flexibility index (Phi) is 3.46. The maximum absolute atomic E-state index is 12.3. The van der Waals surface area contributed by atoms with Gasteiger partial charge in [-0.3, -0.25) is 19.6 Å². The smallest absolute Gasteiger partial charge is 0.273 e. The summed E-state index contributed by atoms with van der Waals surface area (Å²) in [6.07, 6.45) is 3.39. The van der Waals surface area contributed by atoms with Crippen LogP contribution in [0.1, 0.15) is 21.9 Å². The van der Waals surface area contributed by atoms with Crippen molar-refractivity contribution in [3.63, 3.8) is 0 Å². The number of hydrogen-bond donors (Lipinski definition) is 2. The third-order valence-corrected chi connectivity index (χ3v) is 3.53. The Morgan fingerprint density at radius 2 is 2.18 bits per heavy atom. The number of nitrogens with zero attached hydrogens (tertiary/aromatic N) is 4. The second kappa shape index (κ2) is 5.44. The third kappa shape index (κ3) is 2.48. The summed E-state index contributed by atoms with van der Waals surface area (Å²) in [7, 11) is 1.84. The van der Waals surface area contributed by atoms with Gasteiger partial charge in [-0.25, -0.2) is 0 Å². The standard InChI is InChI=1S/C15H16N6O/c1-9-14(10(2)21(3)20-9)17-15(22)13-7-12(18-19-13)11-5-4-6-16-8-11/h4-8H,1-3H3,(H,17,22)(H,18,19). The van der Waals surface area contributed by atoms with Gasteiger partial charge in [-0.15, -0.1) is 0 Å². The van der Waals surface area contributed by atoms with Crippen molar-refractivity contribution in [3.05, 3.63) is 47.7 Å². The van der Waals surface area contributed by atoms with Gasteiger partial charge < -0.3 is 5.32 Å². The molecule has 0 aliphatic heterocycles. The first-order valence-electron chi connectivity index (χ1n) is 6.83. The minimum Gasteiger partial charge on any atom is -0.318 e. The number of hydrogen-bond acceptors (Lipinski definition) is 4. The first kappa shape index (κ1) is 14.0. The molecule has 3 rings (SSSR count). The molecule has 0 aromatic carbocycles. The Balaban J connectivity index is 1.83. The van der Waals surface area contributed by atoms with Crippen molar-refractivity contribution in [3.8, 4) is 11.3 Å². The number of nitrogens with one attached hydrogen (secondary N) is 2. The molecule has 3 aromatic heterocycles. The molecule has 3 heterocycles. The number of amides is 1. The van der Waals surface area contributed by atoms with E-state index in [4.69, 9.17) is 0 Å². The average molecular weight is 296 g/mol. The van der Waals surface area contributed by atoms with Crippen molar-refractivity contribution >= 4 is 11.6 Å². The Morgan fingerprint density at radius 1 is 1.36 bits per heavy atom. The maximum atomic E-state index is 12.3. The fourth-order valence-corrected chi connectivity index (χ4v) is 2.24. The molecule has 0 radical (unpaired) electrons. The number of aryl methyl sites for hydroxylation is 2. The molecule has 7 heteroatoms. The van der Waals surface area contributed by atoms with Gasteiger partial charge in [0.25, 0.3) is 5.91 Å². The van der Waals surface area contributed by atoms with E-state index >= 15 is 0 Å². The fourth-order valence-electron chi connectivity index (χ4n) is 2.24. The Morgan fingerprint density at radius 3 is 2.82 bits per heavy atom. The van der Waals surface area contributed by atoms with Gasteiger partial charge in [0.1, 0.15) is 5.69 Å². The zero-order chi connectivity index (χ0) is 15.7. The Labute approximate surface area is 127 Å². The van der Waals surface area contributed by atoms with Crippen molar-refractivity contribution in [1.82, 2.24) is 25.0 Å². The molecule has 0 saturated heterocycles. The molecule has 0 aliphatic carbocycles. The van der Waals surface area contributed by atoms with Crippen LogP contribution >= 0.6 is 0 Å². The zero-order valence-electron chi connectivity index (χ0n) is 12.6. The SMILES string of the molecule is Cc1nn(C)c(C)c1NC(=O)c1cc(-c2cccnc2)n[nH]1. The molecule has 112 valence electrons. The van der Waals surface area contributed by atoms with Crippen LogP contribution in [0.4, 0.5) is 5.69 Å². The largest absolute Gasteiger partial charge is 0.318 e. The Bertz CT molecular complexity index is 818. The van der Waals surface area contributed by atoms with Crippen molar-refractivity contribution in [2.24, 2.45) is 7.05 Å². The summed E-state index contributed by atoms with van der Waals surface area (Å²) in [5.74, 6) is -0.248. The second-order valence-corrected chi connectivity index (χ2v) is 5.03. The molecule has 3 aromatic rings. The number of H-pyrrole nitrogens is 1.